The smallest absolute Gasteiger partial charge is 0.120 e. The van der Waals surface area contributed by atoms with E-state index in [1.54, 1.807) is 0 Å². The monoisotopic (exact) mass is 433 g/mol. The Morgan fingerprint density at radius 3 is 2.66 bits per heavy atom. The zero-order valence-electron chi connectivity index (χ0n) is 18.6. The first-order chi connectivity index (χ1) is 15.7. The molecule has 3 heterocycles. The summed E-state index contributed by atoms with van der Waals surface area (Å²) in [7, 11) is 0. The normalized spacial score (nSPS) is 19.1. The van der Waals surface area contributed by atoms with Crippen LogP contribution in [-0.2, 0) is 4.74 Å². The molecule has 0 bridgehead atoms. The fourth-order valence-electron chi connectivity index (χ4n) is 4.60. The third kappa shape index (κ3) is 4.79. The molecule has 6 nitrogen and oxygen atoms in total. The average Bonchev–Trinajstić information content (AvgIpc) is 2.77. The van der Waals surface area contributed by atoms with Gasteiger partial charge in [-0.05, 0) is 47.0 Å². The predicted octanol–water partition coefficient (Wildman–Crippen LogP) is 2.97. The molecule has 1 aromatic heterocycles. The summed E-state index contributed by atoms with van der Waals surface area (Å²) in [6.45, 7) is 8.74. The lowest BCUT2D eigenvalue weighted by atomic mass is 9.98. The first-order valence-corrected chi connectivity index (χ1v) is 11.5. The second-order valence-corrected chi connectivity index (χ2v) is 8.94. The van der Waals surface area contributed by atoms with E-state index < -0.39 is 6.10 Å². The van der Waals surface area contributed by atoms with Gasteiger partial charge in [-0.2, -0.15) is 0 Å². The minimum atomic E-state index is -0.524. The average molecular weight is 434 g/mol. The number of rotatable bonds is 7. The molecule has 2 aliphatic heterocycles. The van der Waals surface area contributed by atoms with Crippen molar-refractivity contribution in [3.8, 4) is 16.9 Å². The molecular formula is C26H31N3O3. The maximum Gasteiger partial charge on any atom is 0.120 e. The van der Waals surface area contributed by atoms with Crippen LogP contribution >= 0.6 is 0 Å². The molecule has 0 saturated carbocycles. The van der Waals surface area contributed by atoms with Gasteiger partial charge in [0, 0.05) is 50.7 Å². The first kappa shape index (κ1) is 21.3. The number of fused-ring (bicyclic) bond motifs is 1. The van der Waals surface area contributed by atoms with Crippen molar-refractivity contribution in [2.75, 3.05) is 52.5 Å². The van der Waals surface area contributed by atoms with Crippen LogP contribution in [0.25, 0.3) is 21.9 Å². The van der Waals surface area contributed by atoms with Crippen LogP contribution in [-0.4, -0.2) is 84.6 Å². The van der Waals surface area contributed by atoms with Crippen LogP contribution in [0.1, 0.15) is 5.56 Å². The number of piperazine rings is 1. The Bertz CT molecular complexity index is 1060. The largest absolute Gasteiger partial charge is 0.491 e. The van der Waals surface area contributed by atoms with Gasteiger partial charge in [0.2, 0.25) is 0 Å². The van der Waals surface area contributed by atoms with E-state index in [9.17, 15) is 5.11 Å². The van der Waals surface area contributed by atoms with Crippen molar-refractivity contribution in [2.45, 2.75) is 19.1 Å². The Labute approximate surface area is 189 Å². The van der Waals surface area contributed by atoms with E-state index in [-0.39, 0.29) is 6.61 Å². The van der Waals surface area contributed by atoms with Crippen LogP contribution < -0.4 is 4.74 Å². The van der Waals surface area contributed by atoms with E-state index in [0.29, 0.717) is 12.6 Å². The van der Waals surface area contributed by atoms with Gasteiger partial charge in [0.25, 0.3) is 0 Å². The lowest BCUT2D eigenvalue weighted by molar-refractivity contribution is -0.0793. The summed E-state index contributed by atoms with van der Waals surface area (Å²) in [5, 5.41) is 12.9. The second-order valence-electron chi connectivity index (χ2n) is 8.94. The Morgan fingerprint density at radius 1 is 1.09 bits per heavy atom. The maximum atomic E-state index is 10.6. The number of hydrogen-bond donors (Lipinski definition) is 1. The van der Waals surface area contributed by atoms with Crippen LogP contribution in [0.2, 0.25) is 0 Å². The van der Waals surface area contributed by atoms with E-state index in [1.807, 2.05) is 24.5 Å². The minimum Gasteiger partial charge on any atom is -0.491 e. The molecule has 2 fully saturated rings. The van der Waals surface area contributed by atoms with Crippen LogP contribution in [0.15, 0.2) is 54.9 Å². The van der Waals surface area contributed by atoms with Gasteiger partial charge in [0.05, 0.1) is 19.3 Å². The summed E-state index contributed by atoms with van der Waals surface area (Å²) in [5.41, 5.74) is 3.29. The lowest BCUT2D eigenvalue weighted by Crippen LogP contribution is -2.57. The fraction of sp³-hybridized carbons (Fsp3) is 0.423. The molecule has 2 aliphatic rings. The molecule has 1 unspecified atom stereocenters. The number of aryl methyl sites for hydroxylation is 1. The van der Waals surface area contributed by atoms with Crippen LogP contribution in [0.5, 0.6) is 5.75 Å². The van der Waals surface area contributed by atoms with Crippen molar-refractivity contribution >= 4 is 10.8 Å². The molecule has 2 saturated heterocycles. The van der Waals surface area contributed by atoms with Gasteiger partial charge in [-0.1, -0.05) is 24.3 Å². The Morgan fingerprint density at radius 2 is 1.91 bits per heavy atom. The molecule has 0 radical (unpaired) electrons. The second kappa shape index (κ2) is 9.55. The van der Waals surface area contributed by atoms with Crippen molar-refractivity contribution in [3.05, 3.63) is 60.4 Å². The molecule has 1 atom stereocenters. The number of aliphatic hydroxyl groups excluding tert-OH is 1. The number of ether oxygens (including phenoxy) is 2. The third-order valence-electron chi connectivity index (χ3n) is 6.48. The molecule has 5 rings (SSSR count). The summed E-state index contributed by atoms with van der Waals surface area (Å²) in [6.07, 6.45) is 3.23. The van der Waals surface area contributed by atoms with Crippen LogP contribution in [0, 0.1) is 6.92 Å². The highest BCUT2D eigenvalue weighted by Gasteiger charge is 2.29. The fourth-order valence-corrected chi connectivity index (χ4v) is 4.60. The number of hydrogen-bond acceptors (Lipinski definition) is 6. The molecule has 1 N–H and O–H groups in total. The zero-order chi connectivity index (χ0) is 21.9. The number of aliphatic hydroxyl groups is 1. The number of pyridine rings is 1. The summed E-state index contributed by atoms with van der Waals surface area (Å²) in [6, 6.07) is 15.2. The predicted molar refractivity (Wildman–Crippen MR) is 126 cm³/mol. The highest BCUT2D eigenvalue weighted by atomic mass is 16.5. The maximum absolute atomic E-state index is 10.6. The molecule has 0 amide bonds. The van der Waals surface area contributed by atoms with E-state index in [0.717, 1.165) is 67.2 Å². The van der Waals surface area contributed by atoms with Crippen molar-refractivity contribution in [3.63, 3.8) is 0 Å². The number of aromatic nitrogens is 1. The number of nitrogens with zero attached hydrogens (tertiary/aromatic N) is 3. The van der Waals surface area contributed by atoms with Gasteiger partial charge in [-0.25, -0.2) is 0 Å². The quantitative estimate of drug-likeness (QED) is 0.618. The molecule has 0 spiro atoms. The van der Waals surface area contributed by atoms with Gasteiger partial charge in [-0.15, -0.1) is 0 Å². The standard InChI is InChI=1S/C26H31N3O3/c1-19-10-21(14-27-13-19)26-12-24(11-20-4-2-3-5-25(20)26)32-18-23(30)15-28-6-8-29(9-7-28)22-16-31-17-22/h2-5,10-14,22-23,30H,6-9,15-18H2,1H3. The number of benzene rings is 2. The summed E-state index contributed by atoms with van der Waals surface area (Å²) >= 11 is 0. The van der Waals surface area contributed by atoms with Crippen molar-refractivity contribution in [2.24, 2.45) is 0 Å². The van der Waals surface area contributed by atoms with Crippen LogP contribution in [0.4, 0.5) is 0 Å². The lowest BCUT2D eigenvalue weighted by Gasteiger charge is -2.42. The SMILES string of the molecule is Cc1cncc(-c2cc(OCC(O)CN3CCN(C4COC4)CC3)cc3ccccc23)c1. The van der Waals surface area contributed by atoms with Gasteiger partial charge >= 0.3 is 0 Å². The third-order valence-corrected chi connectivity index (χ3v) is 6.48. The van der Waals surface area contributed by atoms with E-state index in [1.165, 1.54) is 5.39 Å². The highest BCUT2D eigenvalue weighted by molar-refractivity contribution is 5.97. The van der Waals surface area contributed by atoms with E-state index in [2.05, 4.69) is 52.0 Å². The first-order valence-electron chi connectivity index (χ1n) is 11.5. The van der Waals surface area contributed by atoms with Gasteiger partial charge in [-0.3, -0.25) is 14.8 Å². The molecule has 0 aliphatic carbocycles. The molecule has 168 valence electrons. The minimum absolute atomic E-state index is 0.278. The summed E-state index contributed by atoms with van der Waals surface area (Å²) in [4.78, 5) is 9.19. The Balaban J connectivity index is 1.23. The summed E-state index contributed by atoms with van der Waals surface area (Å²) in [5.74, 6) is 0.772. The van der Waals surface area contributed by atoms with Gasteiger partial charge in [0.1, 0.15) is 18.5 Å². The molecule has 32 heavy (non-hydrogen) atoms. The molecule has 6 heteroatoms. The number of β-amino-alcohol motifs (C(OH)–C–C–N with tert-alkyl or cyclic N) is 1. The van der Waals surface area contributed by atoms with Crippen molar-refractivity contribution in [1.29, 1.82) is 0 Å². The molecule has 2 aromatic carbocycles. The topological polar surface area (TPSA) is 58.1 Å². The van der Waals surface area contributed by atoms with E-state index >= 15 is 0 Å². The van der Waals surface area contributed by atoms with Crippen molar-refractivity contribution < 1.29 is 14.6 Å². The van der Waals surface area contributed by atoms with Crippen molar-refractivity contribution in [1.82, 2.24) is 14.8 Å². The Hall–Kier alpha value is -2.51. The van der Waals surface area contributed by atoms with Crippen LogP contribution in [0.3, 0.4) is 0 Å². The summed E-state index contributed by atoms with van der Waals surface area (Å²) < 4.78 is 11.4. The molecular weight excluding hydrogens is 402 g/mol. The van der Waals surface area contributed by atoms with Gasteiger partial charge < -0.3 is 14.6 Å². The Kier molecular flexibility index (Phi) is 6.37. The van der Waals surface area contributed by atoms with E-state index in [4.69, 9.17) is 9.47 Å². The molecule has 3 aromatic rings. The highest BCUT2D eigenvalue weighted by Crippen LogP contribution is 2.33. The van der Waals surface area contributed by atoms with Gasteiger partial charge in [0.15, 0.2) is 0 Å². The zero-order valence-corrected chi connectivity index (χ0v) is 18.6.